The van der Waals surface area contributed by atoms with Gasteiger partial charge in [0.25, 0.3) is 11.7 Å². The molecule has 0 radical (unpaired) electrons. The second-order valence-corrected chi connectivity index (χ2v) is 6.27. The van der Waals surface area contributed by atoms with Gasteiger partial charge in [-0.25, -0.2) is 0 Å². The number of aliphatic hydroxyl groups excluding tert-OH is 1. The highest BCUT2D eigenvalue weighted by Gasteiger charge is 2.45. The number of nitrogens with two attached hydrogens (primary N) is 1. The van der Waals surface area contributed by atoms with Crippen LogP contribution in [0.3, 0.4) is 0 Å². The first-order valence-electron chi connectivity index (χ1n) is 8.76. The van der Waals surface area contributed by atoms with Crippen LogP contribution < -0.4 is 10.5 Å². The van der Waals surface area contributed by atoms with Crippen LogP contribution in [0.1, 0.15) is 23.6 Å². The minimum atomic E-state index is -0.686. The molecule has 1 saturated heterocycles. The number of carbonyl (C=O) groups excluding carboxylic acids is 2. The van der Waals surface area contributed by atoms with Gasteiger partial charge in [-0.15, -0.1) is 0 Å². The molecular weight excluding hydrogens is 344 g/mol. The van der Waals surface area contributed by atoms with Crippen LogP contribution in [-0.2, 0) is 9.59 Å². The van der Waals surface area contributed by atoms with E-state index >= 15 is 0 Å². The lowest BCUT2D eigenvalue weighted by atomic mass is 9.95. The predicted octanol–water partition coefficient (Wildman–Crippen LogP) is 2.47. The van der Waals surface area contributed by atoms with Crippen molar-refractivity contribution in [1.29, 1.82) is 0 Å². The van der Waals surface area contributed by atoms with Crippen LogP contribution in [0, 0.1) is 0 Å². The summed E-state index contributed by atoms with van der Waals surface area (Å²) in [5.41, 5.74) is 6.90. The minimum Gasteiger partial charge on any atom is -0.507 e. The average molecular weight is 366 g/mol. The van der Waals surface area contributed by atoms with Crippen molar-refractivity contribution in [1.82, 2.24) is 4.90 Å². The lowest BCUT2D eigenvalue weighted by Gasteiger charge is -2.25. The van der Waals surface area contributed by atoms with Crippen LogP contribution in [0.25, 0.3) is 5.76 Å². The van der Waals surface area contributed by atoms with E-state index in [1.807, 2.05) is 30.3 Å². The summed E-state index contributed by atoms with van der Waals surface area (Å²) in [4.78, 5) is 26.8. The number of hydrogen-bond acceptors (Lipinski definition) is 5. The van der Waals surface area contributed by atoms with Crippen molar-refractivity contribution in [3.8, 4) is 5.75 Å². The van der Waals surface area contributed by atoms with E-state index in [1.165, 1.54) is 4.90 Å². The number of aliphatic hydroxyl groups is 1. The molecule has 1 heterocycles. The van der Waals surface area contributed by atoms with Crippen LogP contribution in [-0.4, -0.2) is 41.9 Å². The zero-order valence-corrected chi connectivity index (χ0v) is 15.1. The van der Waals surface area contributed by atoms with Crippen LogP contribution in [0.4, 0.5) is 0 Å². The Morgan fingerprint density at radius 1 is 1.11 bits per heavy atom. The predicted molar refractivity (Wildman–Crippen MR) is 102 cm³/mol. The smallest absolute Gasteiger partial charge is 0.295 e. The molecule has 0 aliphatic carbocycles. The van der Waals surface area contributed by atoms with Crippen molar-refractivity contribution < 1.29 is 19.4 Å². The van der Waals surface area contributed by atoms with Gasteiger partial charge in [-0.05, 0) is 42.8 Å². The molecular formula is C21H22N2O4. The molecule has 0 spiro atoms. The second-order valence-electron chi connectivity index (χ2n) is 6.27. The zero-order valence-electron chi connectivity index (χ0n) is 15.1. The molecule has 27 heavy (non-hydrogen) atoms. The highest BCUT2D eigenvalue weighted by molar-refractivity contribution is 6.46. The van der Waals surface area contributed by atoms with Crippen LogP contribution in [0.2, 0.25) is 0 Å². The van der Waals surface area contributed by atoms with Gasteiger partial charge in [0.1, 0.15) is 11.5 Å². The van der Waals surface area contributed by atoms with Crippen molar-refractivity contribution in [3.63, 3.8) is 0 Å². The molecule has 2 aromatic carbocycles. The van der Waals surface area contributed by atoms with Crippen molar-refractivity contribution in [2.45, 2.75) is 12.5 Å². The quantitative estimate of drug-likeness (QED) is 0.465. The summed E-state index contributed by atoms with van der Waals surface area (Å²) < 4.78 is 5.13. The monoisotopic (exact) mass is 366 g/mol. The van der Waals surface area contributed by atoms with E-state index in [-0.39, 0.29) is 11.3 Å². The van der Waals surface area contributed by atoms with Gasteiger partial charge in [0, 0.05) is 12.1 Å². The largest absolute Gasteiger partial charge is 0.507 e. The van der Waals surface area contributed by atoms with E-state index in [2.05, 4.69) is 0 Å². The van der Waals surface area contributed by atoms with Crippen molar-refractivity contribution in [3.05, 3.63) is 71.3 Å². The number of ether oxygens (including phenoxy) is 1. The first-order valence-corrected chi connectivity index (χ1v) is 8.76. The van der Waals surface area contributed by atoms with E-state index in [9.17, 15) is 14.7 Å². The summed E-state index contributed by atoms with van der Waals surface area (Å²) >= 11 is 0. The minimum absolute atomic E-state index is 0.0911. The van der Waals surface area contributed by atoms with Gasteiger partial charge < -0.3 is 20.5 Å². The highest BCUT2D eigenvalue weighted by Crippen LogP contribution is 2.39. The summed E-state index contributed by atoms with van der Waals surface area (Å²) in [6.45, 7) is 0.753. The fourth-order valence-corrected chi connectivity index (χ4v) is 3.26. The van der Waals surface area contributed by atoms with Gasteiger partial charge in [-0.1, -0.05) is 30.3 Å². The van der Waals surface area contributed by atoms with Crippen LogP contribution in [0.5, 0.6) is 5.75 Å². The molecule has 0 unspecified atom stereocenters. The van der Waals surface area contributed by atoms with Gasteiger partial charge in [0.05, 0.1) is 18.7 Å². The highest BCUT2D eigenvalue weighted by atomic mass is 16.5. The topological polar surface area (TPSA) is 92.9 Å². The number of Topliss-reactive ketones (excluding diaryl/α,β-unsaturated/α-hetero) is 1. The Labute approximate surface area is 157 Å². The Bertz CT molecular complexity index is 860. The molecule has 3 rings (SSSR count). The van der Waals surface area contributed by atoms with E-state index < -0.39 is 17.7 Å². The molecule has 0 saturated carbocycles. The molecule has 1 amide bonds. The number of rotatable bonds is 6. The van der Waals surface area contributed by atoms with Gasteiger partial charge in [0.2, 0.25) is 0 Å². The Morgan fingerprint density at radius 3 is 2.37 bits per heavy atom. The van der Waals surface area contributed by atoms with Crippen molar-refractivity contribution in [2.24, 2.45) is 5.73 Å². The molecule has 0 aromatic heterocycles. The molecule has 1 aliphatic rings. The SMILES string of the molecule is COc1ccc(C(O)=C2C(=O)C(=O)N(CCCN)[C@H]2c2ccccc2)cc1. The van der Waals surface area contributed by atoms with E-state index in [1.54, 1.807) is 31.4 Å². The number of amides is 1. The van der Waals surface area contributed by atoms with Gasteiger partial charge in [0.15, 0.2) is 0 Å². The van der Waals surface area contributed by atoms with Gasteiger partial charge >= 0.3 is 0 Å². The van der Waals surface area contributed by atoms with E-state index in [4.69, 9.17) is 10.5 Å². The number of ketones is 1. The van der Waals surface area contributed by atoms with Crippen LogP contribution in [0.15, 0.2) is 60.2 Å². The summed E-state index contributed by atoms with van der Waals surface area (Å²) in [7, 11) is 1.55. The van der Waals surface area contributed by atoms with Gasteiger partial charge in [-0.2, -0.15) is 0 Å². The van der Waals surface area contributed by atoms with Crippen molar-refractivity contribution in [2.75, 3.05) is 20.2 Å². The Hall–Kier alpha value is -3.12. The number of methoxy groups -OCH3 is 1. The lowest BCUT2D eigenvalue weighted by Crippen LogP contribution is -2.31. The molecule has 1 atom stereocenters. The summed E-state index contributed by atoms with van der Waals surface area (Å²) in [6, 6.07) is 15.3. The number of carbonyl (C=O) groups is 2. The molecule has 0 bridgehead atoms. The fraction of sp³-hybridized carbons (Fsp3) is 0.238. The molecule has 2 aromatic rings. The summed E-state index contributed by atoms with van der Waals surface area (Å²) in [5, 5.41) is 10.9. The third-order valence-corrected chi connectivity index (χ3v) is 4.62. The third kappa shape index (κ3) is 3.57. The molecule has 6 heteroatoms. The molecule has 140 valence electrons. The molecule has 3 N–H and O–H groups in total. The lowest BCUT2D eigenvalue weighted by molar-refractivity contribution is -0.139. The third-order valence-electron chi connectivity index (χ3n) is 4.62. The first kappa shape index (κ1) is 18.7. The Kier molecular flexibility index (Phi) is 5.57. The summed E-state index contributed by atoms with van der Waals surface area (Å²) in [5.74, 6) is -0.865. The maximum Gasteiger partial charge on any atom is 0.295 e. The second kappa shape index (κ2) is 8.05. The standard InChI is InChI=1S/C21H22N2O4/c1-27-16-10-8-15(9-11-16)19(24)17-18(14-6-3-2-4-7-14)23(13-5-12-22)21(26)20(17)25/h2-4,6-11,18,24H,5,12-13,22H2,1H3/t18-/m0/s1. The number of benzene rings is 2. The maximum absolute atomic E-state index is 12.7. The zero-order chi connectivity index (χ0) is 19.4. The van der Waals surface area contributed by atoms with Crippen LogP contribution >= 0.6 is 0 Å². The summed E-state index contributed by atoms with van der Waals surface area (Å²) in [6.07, 6.45) is 0.568. The van der Waals surface area contributed by atoms with E-state index in [0.29, 0.717) is 30.8 Å². The first-order chi connectivity index (χ1) is 13.1. The maximum atomic E-state index is 12.7. The van der Waals surface area contributed by atoms with Gasteiger partial charge in [-0.3, -0.25) is 9.59 Å². The number of nitrogens with zero attached hydrogens (tertiary/aromatic N) is 1. The molecule has 1 fully saturated rings. The van der Waals surface area contributed by atoms with Crippen molar-refractivity contribution >= 4 is 17.4 Å². The normalized spacial score (nSPS) is 18.7. The molecule has 6 nitrogen and oxygen atoms in total. The fourth-order valence-electron chi connectivity index (χ4n) is 3.26. The molecule has 1 aliphatic heterocycles. The average Bonchev–Trinajstić information content (AvgIpc) is 2.97. The Balaban J connectivity index is 2.11. The number of likely N-dealkylation sites (tertiary alicyclic amines) is 1. The number of hydrogen-bond donors (Lipinski definition) is 2. The van der Waals surface area contributed by atoms with E-state index in [0.717, 1.165) is 5.56 Å². The Morgan fingerprint density at radius 2 is 1.78 bits per heavy atom.